The number of aliphatic imine (C=N–C) groups is 1. The van der Waals surface area contributed by atoms with Crippen LogP contribution in [0.5, 0.6) is 11.5 Å². The third-order valence-electron chi connectivity index (χ3n) is 2.72. The van der Waals surface area contributed by atoms with Gasteiger partial charge in [-0.3, -0.25) is 9.55 Å². The van der Waals surface area contributed by atoms with Crippen LogP contribution in [0.4, 0.5) is 0 Å². The highest BCUT2D eigenvalue weighted by atomic mass is 32.2. The molecule has 7 heteroatoms. The van der Waals surface area contributed by atoms with Gasteiger partial charge in [-0.2, -0.15) is 8.42 Å². The normalized spacial score (nSPS) is 12.2. The first-order chi connectivity index (χ1) is 9.24. The summed E-state index contributed by atoms with van der Waals surface area (Å²) in [7, 11) is -2.51. The Morgan fingerprint density at radius 1 is 1.40 bits per heavy atom. The van der Waals surface area contributed by atoms with Crippen LogP contribution in [0, 0.1) is 0 Å². The Morgan fingerprint density at radius 3 is 2.55 bits per heavy atom. The molecule has 1 rings (SSSR count). The first-order valence-electron chi connectivity index (χ1n) is 6.10. The van der Waals surface area contributed by atoms with Crippen molar-refractivity contribution in [2.45, 2.75) is 19.8 Å². The van der Waals surface area contributed by atoms with Crippen molar-refractivity contribution in [1.29, 1.82) is 0 Å². The number of nitrogens with zero attached hydrogens (tertiary/aromatic N) is 1. The van der Waals surface area contributed by atoms with Crippen LogP contribution in [0.15, 0.2) is 17.1 Å². The number of benzene rings is 1. The van der Waals surface area contributed by atoms with Crippen LogP contribution >= 0.6 is 0 Å². The Bertz CT molecular complexity index is 593. The fourth-order valence-electron chi connectivity index (χ4n) is 1.69. The molecular formula is C13H19NO5S. The molecule has 2 N–H and O–H groups in total. The summed E-state index contributed by atoms with van der Waals surface area (Å²) in [5.41, 5.74) is 1.37. The van der Waals surface area contributed by atoms with Crippen LogP contribution in [-0.4, -0.2) is 43.7 Å². The zero-order valence-electron chi connectivity index (χ0n) is 11.7. The van der Waals surface area contributed by atoms with Crippen molar-refractivity contribution < 1.29 is 22.8 Å². The van der Waals surface area contributed by atoms with Crippen LogP contribution in [-0.2, 0) is 10.1 Å². The molecule has 0 amide bonds. The highest BCUT2D eigenvalue weighted by molar-refractivity contribution is 7.85. The van der Waals surface area contributed by atoms with Gasteiger partial charge >= 0.3 is 0 Å². The van der Waals surface area contributed by atoms with Gasteiger partial charge in [0.05, 0.1) is 19.4 Å². The summed E-state index contributed by atoms with van der Waals surface area (Å²) in [6.07, 6.45) is 1.41. The van der Waals surface area contributed by atoms with Gasteiger partial charge in [-0.15, -0.1) is 0 Å². The molecule has 0 fully saturated rings. The lowest BCUT2D eigenvalue weighted by Gasteiger charge is -2.13. The van der Waals surface area contributed by atoms with Crippen LogP contribution in [0.1, 0.15) is 30.9 Å². The van der Waals surface area contributed by atoms with E-state index in [1.54, 1.807) is 6.07 Å². The summed E-state index contributed by atoms with van der Waals surface area (Å²) in [5, 5.41) is 9.97. The van der Waals surface area contributed by atoms with Crippen molar-refractivity contribution >= 4 is 16.3 Å². The van der Waals surface area contributed by atoms with Gasteiger partial charge < -0.3 is 9.84 Å². The molecule has 0 aliphatic carbocycles. The highest BCUT2D eigenvalue weighted by Crippen LogP contribution is 2.31. The van der Waals surface area contributed by atoms with E-state index in [4.69, 9.17) is 9.29 Å². The van der Waals surface area contributed by atoms with Crippen molar-refractivity contribution in [2.24, 2.45) is 4.99 Å². The predicted octanol–water partition coefficient (Wildman–Crippen LogP) is 1.83. The van der Waals surface area contributed by atoms with Gasteiger partial charge in [-0.05, 0) is 17.5 Å². The topological polar surface area (TPSA) is 96.2 Å². The third kappa shape index (κ3) is 4.82. The van der Waals surface area contributed by atoms with E-state index in [2.05, 4.69) is 4.99 Å². The summed E-state index contributed by atoms with van der Waals surface area (Å²) in [4.78, 5) is 3.92. The Hall–Kier alpha value is -1.60. The Labute approximate surface area is 118 Å². The lowest BCUT2D eigenvalue weighted by atomic mass is 9.96. The van der Waals surface area contributed by atoms with Gasteiger partial charge in [0, 0.05) is 17.8 Å². The fourth-order valence-corrected chi connectivity index (χ4v) is 2.03. The second-order valence-electron chi connectivity index (χ2n) is 4.63. The second kappa shape index (κ2) is 6.71. The summed E-state index contributed by atoms with van der Waals surface area (Å²) in [6, 6.07) is 3.27. The van der Waals surface area contributed by atoms with Crippen LogP contribution in [0.3, 0.4) is 0 Å². The molecule has 1 aromatic rings. The average molecular weight is 301 g/mol. The zero-order valence-corrected chi connectivity index (χ0v) is 12.5. The number of phenolic OH excluding ortho intramolecular Hbond substituents is 1. The molecule has 0 heterocycles. The largest absolute Gasteiger partial charge is 0.507 e. The number of ether oxygens (including phenoxy) is 1. The first kappa shape index (κ1) is 16.5. The quantitative estimate of drug-likeness (QED) is 0.617. The molecule has 0 unspecified atom stereocenters. The molecule has 1 aromatic carbocycles. The maximum atomic E-state index is 10.6. The number of rotatable bonds is 6. The second-order valence-corrected chi connectivity index (χ2v) is 6.20. The molecule has 0 bridgehead atoms. The van der Waals surface area contributed by atoms with Crippen molar-refractivity contribution in [2.75, 3.05) is 19.4 Å². The number of aromatic hydroxyl groups is 1. The fraction of sp³-hybridized carbons (Fsp3) is 0.462. The smallest absolute Gasteiger partial charge is 0.266 e. The molecular weight excluding hydrogens is 282 g/mol. The van der Waals surface area contributed by atoms with Gasteiger partial charge in [-0.1, -0.05) is 13.8 Å². The van der Waals surface area contributed by atoms with E-state index in [-0.39, 0.29) is 18.2 Å². The predicted molar refractivity (Wildman–Crippen MR) is 77.6 cm³/mol. The van der Waals surface area contributed by atoms with E-state index in [9.17, 15) is 13.5 Å². The van der Waals surface area contributed by atoms with E-state index < -0.39 is 15.9 Å². The van der Waals surface area contributed by atoms with E-state index >= 15 is 0 Å². The number of phenols is 1. The van der Waals surface area contributed by atoms with Gasteiger partial charge in [0.15, 0.2) is 0 Å². The van der Waals surface area contributed by atoms with Crippen LogP contribution < -0.4 is 4.74 Å². The van der Waals surface area contributed by atoms with E-state index in [0.29, 0.717) is 11.3 Å². The minimum atomic E-state index is -4.02. The summed E-state index contributed by atoms with van der Waals surface area (Å²) >= 11 is 0. The lowest BCUT2D eigenvalue weighted by molar-refractivity contribution is 0.406. The maximum Gasteiger partial charge on any atom is 0.266 e. The minimum absolute atomic E-state index is 0.0173. The Morgan fingerprint density at radius 2 is 2.05 bits per heavy atom. The van der Waals surface area contributed by atoms with E-state index in [1.807, 2.05) is 13.8 Å². The van der Waals surface area contributed by atoms with Crippen molar-refractivity contribution in [1.82, 2.24) is 0 Å². The minimum Gasteiger partial charge on any atom is -0.507 e. The molecule has 0 aliphatic rings. The Kier molecular flexibility index (Phi) is 5.52. The molecule has 0 spiro atoms. The molecule has 0 atom stereocenters. The molecule has 0 radical (unpaired) electrons. The van der Waals surface area contributed by atoms with Gasteiger partial charge in [-0.25, -0.2) is 0 Å². The van der Waals surface area contributed by atoms with Crippen molar-refractivity contribution in [3.05, 3.63) is 23.3 Å². The van der Waals surface area contributed by atoms with Crippen molar-refractivity contribution in [3.8, 4) is 11.5 Å². The average Bonchev–Trinajstić information content (AvgIpc) is 2.33. The molecule has 0 aromatic heterocycles. The standard InChI is InChI=1S/C13H19NO5S/c1-9(2)11-6-10(19-3)7-13(15)12(11)8-14-4-5-20(16,17)18/h6-9,15H,4-5H2,1-3H3,(H,16,17,18). The van der Waals surface area contributed by atoms with E-state index in [0.717, 1.165) is 5.56 Å². The lowest BCUT2D eigenvalue weighted by Crippen LogP contribution is -2.07. The first-order valence-corrected chi connectivity index (χ1v) is 7.71. The molecule has 20 heavy (non-hydrogen) atoms. The summed E-state index contributed by atoms with van der Waals surface area (Å²) in [6.45, 7) is 3.86. The maximum absolute atomic E-state index is 10.6. The van der Waals surface area contributed by atoms with E-state index in [1.165, 1.54) is 19.4 Å². The van der Waals surface area contributed by atoms with Crippen LogP contribution in [0.2, 0.25) is 0 Å². The number of hydrogen-bond donors (Lipinski definition) is 2. The SMILES string of the molecule is COc1cc(O)c(C=NCCS(=O)(=O)O)c(C(C)C)c1. The molecule has 0 saturated heterocycles. The summed E-state index contributed by atoms with van der Waals surface area (Å²) in [5.74, 6) is 0.251. The monoisotopic (exact) mass is 301 g/mol. The zero-order chi connectivity index (χ0) is 15.3. The number of methoxy groups -OCH3 is 1. The van der Waals surface area contributed by atoms with Crippen LogP contribution in [0.25, 0.3) is 0 Å². The summed E-state index contributed by atoms with van der Waals surface area (Å²) < 4.78 is 34.9. The van der Waals surface area contributed by atoms with Crippen molar-refractivity contribution in [3.63, 3.8) is 0 Å². The molecule has 6 nitrogen and oxygen atoms in total. The third-order valence-corrected chi connectivity index (χ3v) is 3.42. The Balaban J connectivity index is 3.02. The molecule has 0 saturated carbocycles. The number of hydrogen-bond acceptors (Lipinski definition) is 5. The van der Waals surface area contributed by atoms with Gasteiger partial charge in [0.2, 0.25) is 0 Å². The molecule has 0 aliphatic heterocycles. The van der Waals surface area contributed by atoms with Gasteiger partial charge in [0.25, 0.3) is 10.1 Å². The highest BCUT2D eigenvalue weighted by Gasteiger charge is 2.12. The van der Waals surface area contributed by atoms with Gasteiger partial charge in [0.1, 0.15) is 11.5 Å². The molecule has 112 valence electrons.